The summed E-state index contributed by atoms with van der Waals surface area (Å²) in [5.74, 6) is 0.745. The average molecular weight is 390 g/mol. The van der Waals surface area contributed by atoms with Gasteiger partial charge in [0.2, 0.25) is 0 Å². The van der Waals surface area contributed by atoms with Crippen molar-refractivity contribution in [3.8, 4) is 23.3 Å². The molecule has 0 aliphatic carbocycles. The molecule has 0 bridgehead atoms. The molecule has 29 heavy (non-hydrogen) atoms. The Balaban J connectivity index is 1.53. The number of hydrogen-bond acceptors (Lipinski definition) is 4. The quantitative estimate of drug-likeness (QED) is 0.635. The molecule has 3 aromatic rings. The van der Waals surface area contributed by atoms with Gasteiger partial charge in [-0.15, -0.1) is 0 Å². The molecule has 0 fully saturated rings. The number of ether oxygens (including phenoxy) is 2. The highest BCUT2D eigenvalue weighted by molar-refractivity contribution is 5.78. The Morgan fingerprint density at radius 1 is 1.00 bits per heavy atom. The third-order valence-corrected chi connectivity index (χ3v) is 4.10. The standard InChI is InChI=1S/C23H19FN2O3/c1-16-6-8-18(9-7-16)29-19-12-10-17(11-13-19)28-15-23(27)26-22(14-25)20-4-2-3-5-21(20)24/h2-13,22H,15H2,1H3,(H,26,27). The van der Waals surface area contributed by atoms with Crippen molar-refractivity contribution < 1.29 is 18.7 Å². The number of rotatable bonds is 7. The molecule has 0 spiro atoms. The van der Waals surface area contributed by atoms with Crippen LogP contribution in [-0.4, -0.2) is 12.5 Å². The molecule has 1 atom stereocenters. The number of carbonyl (C=O) groups excluding carboxylic acids is 1. The van der Waals surface area contributed by atoms with E-state index in [1.165, 1.54) is 18.2 Å². The lowest BCUT2D eigenvalue weighted by Crippen LogP contribution is -2.32. The summed E-state index contributed by atoms with van der Waals surface area (Å²) in [4.78, 5) is 12.1. The van der Waals surface area contributed by atoms with E-state index in [4.69, 9.17) is 9.47 Å². The third-order valence-electron chi connectivity index (χ3n) is 4.10. The van der Waals surface area contributed by atoms with Crippen LogP contribution in [0.25, 0.3) is 0 Å². The molecular formula is C23H19FN2O3. The second-order valence-corrected chi connectivity index (χ2v) is 6.33. The largest absolute Gasteiger partial charge is 0.484 e. The Labute approximate surface area is 168 Å². The van der Waals surface area contributed by atoms with Gasteiger partial charge in [0.25, 0.3) is 5.91 Å². The van der Waals surface area contributed by atoms with Crippen molar-refractivity contribution in [1.82, 2.24) is 5.32 Å². The lowest BCUT2D eigenvalue weighted by atomic mass is 10.1. The van der Waals surface area contributed by atoms with Gasteiger partial charge in [-0.05, 0) is 49.4 Å². The highest BCUT2D eigenvalue weighted by Crippen LogP contribution is 2.24. The van der Waals surface area contributed by atoms with E-state index < -0.39 is 17.8 Å². The first-order chi connectivity index (χ1) is 14.0. The topological polar surface area (TPSA) is 71.3 Å². The smallest absolute Gasteiger partial charge is 0.259 e. The minimum absolute atomic E-state index is 0.112. The van der Waals surface area contributed by atoms with E-state index in [-0.39, 0.29) is 12.2 Å². The van der Waals surface area contributed by atoms with E-state index >= 15 is 0 Å². The van der Waals surface area contributed by atoms with E-state index in [0.717, 1.165) is 11.3 Å². The summed E-state index contributed by atoms with van der Waals surface area (Å²) in [7, 11) is 0. The Hall–Kier alpha value is -3.85. The van der Waals surface area contributed by atoms with E-state index in [9.17, 15) is 14.4 Å². The van der Waals surface area contributed by atoms with Crippen LogP contribution in [0.4, 0.5) is 4.39 Å². The molecule has 6 heteroatoms. The summed E-state index contributed by atoms with van der Waals surface area (Å²) >= 11 is 0. The van der Waals surface area contributed by atoms with Crippen LogP contribution in [-0.2, 0) is 4.79 Å². The van der Waals surface area contributed by atoms with Gasteiger partial charge in [0.05, 0.1) is 6.07 Å². The zero-order valence-corrected chi connectivity index (χ0v) is 15.8. The molecule has 0 aliphatic heterocycles. The molecular weight excluding hydrogens is 371 g/mol. The average Bonchev–Trinajstić information content (AvgIpc) is 2.74. The predicted molar refractivity (Wildman–Crippen MR) is 106 cm³/mol. The highest BCUT2D eigenvalue weighted by Gasteiger charge is 2.17. The molecule has 0 heterocycles. The van der Waals surface area contributed by atoms with Crippen LogP contribution in [0.2, 0.25) is 0 Å². The van der Waals surface area contributed by atoms with Crippen molar-refractivity contribution >= 4 is 5.91 Å². The number of nitriles is 1. The molecule has 5 nitrogen and oxygen atoms in total. The third kappa shape index (κ3) is 5.56. The fourth-order valence-corrected chi connectivity index (χ4v) is 2.59. The van der Waals surface area contributed by atoms with Crippen molar-refractivity contribution in [2.75, 3.05) is 6.61 Å². The van der Waals surface area contributed by atoms with Crippen LogP contribution in [0.3, 0.4) is 0 Å². The molecule has 146 valence electrons. The highest BCUT2D eigenvalue weighted by atomic mass is 19.1. The zero-order valence-electron chi connectivity index (χ0n) is 15.8. The Morgan fingerprint density at radius 3 is 2.21 bits per heavy atom. The maximum absolute atomic E-state index is 13.8. The fraction of sp³-hybridized carbons (Fsp3) is 0.130. The Bertz CT molecular complexity index is 1010. The van der Waals surface area contributed by atoms with Crippen LogP contribution >= 0.6 is 0 Å². The molecule has 1 amide bonds. The number of carbonyl (C=O) groups is 1. The van der Waals surface area contributed by atoms with Crippen molar-refractivity contribution in [3.63, 3.8) is 0 Å². The second kappa shape index (κ2) is 9.38. The normalized spacial score (nSPS) is 11.2. The van der Waals surface area contributed by atoms with Gasteiger partial charge < -0.3 is 14.8 Å². The van der Waals surface area contributed by atoms with Crippen molar-refractivity contribution in [2.45, 2.75) is 13.0 Å². The number of aryl methyl sites for hydroxylation is 1. The summed E-state index contributed by atoms with van der Waals surface area (Å²) in [6.07, 6.45) is 0. The number of hydrogen-bond donors (Lipinski definition) is 1. The molecule has 0 saturated heterocycles. The number of amides is 1. The van der Waals surface area contributed by atoms with Gasteiger partial charge in [-0.1, -0.05) is 35.9 Å². The lowest BCUT2D eigenvalue weighted by molar-refractivity contribution is -0.123. The summed E-state index contributed by atoms with van der Waals surface area (Å²) in [5.41, 5.74) is 1.26. The minimum Gasteiger partial charge on any atom is -0.484 e. The minimum atomic E-state index is -1.09. The van der Waals surface area contributed by atoms with E-state index in [1.807, 2.05) is 37.3 Å². The van der Waals surface area contributed by atoms with Crippen LogP contribution in [0.5, 0.6) is 17.2 Å². The summed E-state index contributed by atoms with van der Waals surface area (Å²) in [6.45, 7) is 1.70. The fourth-order valence-electron chi connectivity index (χ4n) is 2.59. The summed E-state index contributed by atoms with van der Waals surface area (Å²) < 4.78 is 25.0. The van der Waals surface area contributed by atoms with E-state index in [0.29, 0.717) is 11.5 Å². The Morgan fingerprint density at radius 2 is 1.59 bits per heavy atom. The van der Waals surface area contributed by atoms with Gasteiger partial charge in [0, 0.05) is 5.56 Å². The summed E-state index contributed by atoms with van der Waals surface area (Å²) in [5, 5.41) is 11.7. The van der Waals surface area contributed by atoms with Crippen LogP contribution in [0.15, 0.2) is 72.8 Å². The van der Waals surface area contributed by atoms with Gasteiger partial charge in [0.1, 0.15) is 29.1 Å². The van der Waals surface area contributed by atoms with Gasteiger partial charge in [-0.3, -0.25) is 4.79 Å². The predicted octanol–water partition coefficient (Wildman–Crippen LogP) is 4.69. The first kappa shape index (κ1) is 19.9. The van der Waals surface area contributed by atoms with Crippen LogP contribution in [0, 0.1) is 24.1 Å². The SMILES string of the molecule is Cc1ccc(Oc2ccc(OCC(=O)NC(C#N)c3ccccc3F)cc2)cc1. The maximum Gasteiger partial charge on any atom is 0.259 e. The van der Waals surface area contributed by atoms with Gasteiger partial charge in [0.15, 0.2) is 6.61 Å². The van der Waals surface area contributed by atoms with E-state index in [1.54, 1.807) is 30.3 Å². The first-order valence-corrected chi connectivity index (χ1v) is 8.96. The Kier molecular flexibility index (Phi) is 6.43. The van der Waals surface area contributed by atoms with Crippen molar-refractivity contribution in [2.24, 2.45) is 0 Å². The van der Waals surface area contributed by atoms with Gasteiger partial charge in [-0.2, -0.15) is 5.26 Å². The van der Waals surface area contributed by atoms with Crippen molar-refractivity contribution in [1.29, 1.82) is 5.26 Å². The molecule has 0 saturated carbocycles. The van der Waals surface area contributed by atoms with Crippen LogP contribution < -0.4 is 14.8 Å². The van der Waals surface area contributed by atoms with Crippen molar-refractivity contribution in [3.05, 3.63) is 89.7 Å². The number of nitrogens with one attached hydrogen (secondary N) is 1. The molecule has 1 unspecified atom stereocenters. The zero-order chi connectivity index (χ0) is 20.6. The lowest BCUT2D eigenvalue weighted by Gasteiger charge is -2.13. The molecule has 0 radical (unpaired) electrons. The molecule has 3 aromatic carbocycles. The number of halogens is 1. The monoisotopic (exact) mass is 390 g/mol. The maximum atomic E-state index is 13.8. The first-order valence-electron chi connectivity index (χ1n) is 8.96. The number of nitrogens with zero attached hydrogens (tertiary/aromatic N) is 1. The molecule has 0 aliphatic rings. The van der Waals surface area contributed by atoms with Gasteiger partial charge in [-0.25, -0.2) is 4.39 Å². The van der Waals surface area contributed by atoms with E-state index in [2.05, 4.69) is 5.32 Å². The van der Waals surface area contributed by atoms with Gasteiger partial charge >= 0.3 is 0 Å². The van der Waals surface area contributed by atoms with Crippen LogP contribution in [0.1, 0.15) is 17.2 Å². The molecule has 1 N–H and O–H groups in total. The number of benzene rings is 3. The second-order valence-electron chi connectivity index (χ2n) is 6.33. The molecule has 0 aromatic heterocycles. The summed E-state index contributed by atoms with van der Waals surface area (Å²) in [6, 6.07) is 21.1. The molecule has 3 rings (SSSR count).